The van der Waals surface area contributed by atoms with Gasteiger partial charge in [-0.1, -0.05) is 31.6 Å². The summed E-state index contributed by atoms with van der Waals surface area (Å²) in [7, 11) is 0. The van der Waals surface area contributed by atoms with E-state index in [0.717, 1.165) is 12.8 Å². The molecule has 0 aliphatic heterocycles. The van der Waals surface area contributed by atoms with E-state index in [0.29, 0.717) is 12.5 Å². The number of allylic oxidation sites excluding steroid dienone is 3. The van der Waals surface area contributed by atoms with Gasteiger partial charge in [0.05, 0.1) is 12.5 Å². The average molecular weight is 234 g/mol. The Kier molecular flexibility index (Phi) is 4.03. The van der Waals surface area contributed by atoms with Crippen molar-refractivity contribution in [3.8, 4) is 0 Å². The maximum atomic E-state index is 11.5. The third-order valence-electron chi connectivity index (χ3n) is 3.70. The molecular formula is C15H22O2. The van der Waals surface area contributed by atoms with E-state index in [4.69, 9.17) is 4.74 Å². The van der Waals surface area contributed by atoms with Crippen LogP contribution in [-0.2, 0) is 9.53 Å². The summed E-state index contributed by atoms with van der Waals surface area (Å²) in [5.74, 6) is 0.397. The van der Waals surface area contributed by atoms with Gasteiger partial charge in [0.25, 0.3) is 0 Å². The summed E-state index contributed by atoms with van der Waals surface area (Å²) in [6.07, 6.45) is 10.5. The topological polar surface area (TPSA) is 26.3 Å². The van der Waals surface area contributed by atoms with E-state index in [1.165, 1.54) is 24.8 Å². The lowest BCUT2D eigenvalue weighted by atomic mass is 9.79. The molecule has 2 rings (SSSR count). The number of hydrogen-bond acceptors (Lipinski definition) is 2. The Morgan fingerprint density at radius 2 is 2.29 bits per heavy atom. The predicted octanol–water partition coefficient (Wildman–Crippen LogP) is 3.63. The Morgan fingerprint density at radius 3 is 3.06 bits per heavy atom. The van der Waals surface area contributed by atoms with Gasteiger partial charge in [0.1, 0.15) is 0 Å². The van der Waals surface area contributed by atoms with Gasteiger partial charge in [-0.3, -0.25) is 4.79 Å². The minimum Gasteiger partial charge on any atom is -0.465 e. The smallest absolute Gasteiger partial charge is 0.308 e. The highest BCUT2D eigenvalue weighted by atomic mass is 16.5. The van der Waals surface area contributed by atoms with Gasteiger partial charge in [-0.05, 0) is 37.7 Å². The molecule has 1 unspecified atom stereocenters. The number of hydrogen-bond donors (Lipinski definition) is 0. The second-order valence-corrected chi connectivity index (χ2v) is 5.37. The van der Waals surface area contributed by atoms with Gasteiger partial charge in [-0.15, -0.1) is 0 Å². The summed E-state index contributed by atoms with van der Waals surface area (Å²) in [6, 6.07) is 0. The van der Waals surface area contributed by atoms with Gasteiger partial charge in [-0.25, -0.2) is 0 Å². The van der Waals surface area contributed by atoms with Gasteiger partial charge >= 0.3 is 5.97 Å². The summed E-state index contributed by atoms with van der Waals surface area (Å²) in [5.41, 5.74) is 3.06. The van der Waals surface area contributed by atoms with Crippen molar-refractivity contribution in [2.45, 2.75) is 46.0 Å². The quantitative estimate of drug-likeness (QED) is 0.697. The number of esters is 1. The molecule has 0 aromatic rings. The Hall–Kier alpha value is -1.05. The lowest BCUT2D eigenvalue weighted by Gasteiger charge is -2.29. The number of rotatable bonds is 3. The molecule has 2 heteroatoms. The Morgan fingerprint density at radius 1 is 1.47 bits per heavy atom. The van der Waals surface area contributed by atoms with Gasteiger partial charge in [0.2, 0.25) is 0 Å². The molecule has 17 heavy (non-hydrogen) atoms. The molecule has 2 nitrogen and oxygen atoms in total. The Labute approximate surface area is 104 Å². The van der Waals surface area contributed by atoms with Gasteiger partial charge < -0.3 is 4.74 Å². The number of ether oxygens (including phenoxy) is 1. The third kappa shape index (κ3) is 2.99. The predicted molar refractivity (Wildman–Crippen MR) is 68.5 cm³/mol. The first-order chi connectivity index (χ1) is 8.18. The van der Waals surface area contributed by atoms with Crippen LogP contribution in [0.4, 0.5) is 0 Å². The van der Waals surface area contributed by atoms with Crippen LogP contribution in [0.5, 0.6) is 0 Å². The highest BCUT2D eigenvalue weighted by Crippen LogP contribution is 2.36. The zero-order valence-electron chi connectivity index (χ0n) is 10.9. The fourth-order valence-electron chi connectivity index (χ4n) is 2.69. The molecule has 2 aliphatic rings. The van der Waals surface area contributed by atoms with Crippen molar-refractivity contribution in [2.75, 3.05) is 6.61 Å². The van der Waals surface area contributed by atoms with Crippen molar-refractivity contribution in [1.82, 2.24) is 0 Å². The normalized spacial score (nSPS) is 23.8. The van der Waals surface area contributed by atoms with Crippen LogP contribution in [0, 0.1) is 11.8 Å². The average Bonchev–Trinajstić information content (AvgIpc) is 2.35. The van der Waals surface area contributed by atoms with Gasteiger partial charge in [-0.2, -0.15) is 0 Å². The van der Waals surface area contributed by atoms with Crippen LogP contribution in [0.1, 0.15) is 46.0 Å². The lowest BCUT2D eigenvalue weighted by molar-refractivity contribution is -0.148. The molecule has 0 aromatic carbocycles. The van der Waals surface area contributed by atoms with E-state index in [-0.39, 0.29) is 11.9 Å². The Bertz CT molecular complexity index is 350. The maximum Gasteiger partial charge on any atom is 0.308 e. The second-order valence-electron chi connectivity index (χ2n) is 5.37. The zero-order valence-corrected chi connectivity index (χ0v) is 10.9. The first-order valence-corrected chi connectivity index (χ1v) is 6.73. The minimum atomic E-state index is -0.0657. The van der Waals surface area contributed by atoms with E-state index in [2.05, 4.69) is 12.2 Å². The molecule has 0 heterocycles. The van der Waals surface area contributed by atoms with Gasteiger partial charge in [0, 0.05) is 5.92 Å². The molecule has 94 valence electrons. The summed E-state index contributed by atoms with van der Waals surface area (Å²) in [4.78, 5) is 11.5. The maximum absolute atomic E-state index is 11.5. The Balaban J connectivity index is 1.96. The fourth-order valence-corrected chi connectivity index (χ4v) is 2.69. The van der Waals surface area contributed by atoms with E-state index < -0.39 is 0 Å². The van der Waals surface area contributed by atoms with Crippen LogP contribution in [0.15, 0.2) is 23.3 Å². The van der Waals surface area contributed by atoms with Gasteiger partial charge in [0.15, 0.2) is 0 Å². The highest BCUT2D eigenvalue weighted by Gasteiger charge is 2.24. The van der Waals surface area contributed by atoms with Crippen molar-refractivity contribution in [3.05, 3.63) is 23.3 Å². The van der Waals surface area contributed by atoms with Crippen molar-refractivity contribution >= 4 is 5.97 Å². The van der Waals surface area contributed by atoms with Crippen LogP contribution >= 0.6 is 0 Å². The highest BCUT2D eigenvalue weighted by molar-refractivity contribution is 5.71. The van der Waals surface area contributed by atoms with Crippen molar-refractivity contribution < 1.29 is 9.53 Å². The second kappa shape index (κ2) is 5.52. The van der Waals surface area contributed by atoms with E-state index in [1.807, 2.05) is 13.8 Å². The zero-order chi connectivity index (χ0) is 12.3. The lowest BCUT2D eigenvalue weighted by Crippen LogP contribution is -2.22. The fraction of sp³-hybridized carbons (Fsp3) is 0.667. The standard InChI is InChI=1S/C15H22O2/c1-11(2)15(16)17-10-13-8-5-7-12-6-3-4-9-14(12)13/h3,6,11,13H,4-5,7-10H2,1-2H3. The molecule has 0 fully saturated rings. The molecule has 0 N–H and O–H groups in total. The molecule has 0 saturated heterocycles. The molecule has 0 amide bonds. The minimum absolute atomic E-state index is 0.0155. The molecule has 2 aliphatic carbocycles. The van der Waals surface area contributed by atoms with Crippen molar-refractivity contribution in [1.29, 1.82) is 0 Å². The molecule has 0 radical (unpaired) electrons. The molecule has 0 aromatic heterocycles. The molecule has 0 saturated carbocycles. The first kappa shape index (κ1) is 12.4. The van der Waals surface area contributed by atoms with Crippen LogP contribution in [0.3, 0.4) is 0 Å². The van der Waals surface area contributed by atoms with Crippen LogP contribution in [0.2, 0.25) is 0 Å². The third-order valence-corrected chi connectivity index (χ3v) is 3.70. The van der Waals surface area contributed by atoms with E-state index in [1.54, 1.807) is 5.57 Å². The molecule has 0 bridgehead atoms. The molecular weight excluding hydrogens is 212 g/mol. The largest absolute Gasteiger partial charge is 0.465 e. The SMILES string of the molecule is CC(C)C(=O)OCC1CCCC2=C1CCC=C2. The van der Waals surface area contributed by atoms with Crippen molar-refractivity contribution in [3.63, 3.8) is 0 Å². The number of carbonyl (C=O) groups is 1. The van der Waals surface area contributed by atoms with Crippen LogP contribution in [-0.4, -0.2) is 12.6 Å². The summed E-state index contributed by atoms with van der Waals surface area (Å²) >= 11 is 0. The van der Waals surface area contributed by atoms with Crippen molar-refractivity contribution in [2.24, 2.45) is 11.8 Å². The van der Waals surface area contributed by atoms with E-state index >= 15 is 0 Å². The molecule has 1 atom stereocenters. The first-order valence-electron chi connectivity index (χ1n) is 6.73. The van der Waals surface area contributed by atoms with E-state index in [9.17, 15) is 4.79 Å². The monoisotopic (exact) mass is 234 g/mol. The van der Waals surface area contributed by atoms with Crippen LogP contribution in [0.25, 0.3) is 0 Å². The summed E-state index contributed by atoms with van der Waals surface area (Å²) in [5, 5.41) is 0. The molecule has 0 spiro atoms. The summed E-state index contributed by atoms with van der Waals surface area (Å²) < 4.78 is 5.39. The number of carbonyl (C=O) groups excluding carboxylic acids is 1. The van der Waals surface area contributed by atoms with Crippen LogP contribution < -0.4 is 0 Å². The summed E-state index contributed by atoms with van der Waals surface area (Å²) in [6.45, 7) is 4.36.